The van der Waals surface area contributed by atoms with Crippen molar-refractivity contribution in [3.8, 4) is 0 Å². The van der Waals surface area contributed by atoms with Crippen molar-refractivity contribution in [2.24, 2.45) is 0 Å². The van der Waals surface area contributed by atoms with E-state index in [0.717, 1.165) is 25.9 Å². The van der Waals surface area contributed by atoms with Crippen LogP contribution >= 0.6 is 6.72 Å². The second-order valence-corrected chi connectivity index (χ2v) is 9.20. The molecule has 0 spiro atoms. The van der Waals surface area contributed by atoms with E-state index in [-0.39, 0.29) is 6.10 Å². The summed E-state index contributed by atoms with van der Waals surface area (Å²) in [6.45, 7) is 2.02. The lowest BCUT2D eigenvalue weighted by Crippen LogP contribution is -2.21. The molecule has 2 atom stereocenters. The van der Waals surface area contributed by atoms with Crippen molar-refractivity contribution in [1.29, 1.82) is 0 Å². The van der Waals surface area contributed by atoms with E-state index in [0.29, 0.717) is 0 Å². The topological polar surface area (TPSA) is 46.6 Å². The summed E-state index contributed by atoms with van der Waals surface area (Å²) in [6, 6.07) is 0. The van der Waals surface area contributed by atoms with Gasteiger partial charge in [-0.15, -0.1) is 0 Å². The molecule has 0 bridgehead atoms. The highest BCUT2D eigenvalue weighted by Gasteiger charge is 2.38. The molecule has 1 heterocycles. The van der Waals surface area contributed by atoms with Gasteiger partial charge in [0.1, 0.15) is 10.4 Å². The molecule has 84 valence electrons. The zero-order chi connectivity index (χ0) is 10.8. The van der Waals surface area contributed by atoms with E-state index in [2.05, 4.69) is 0 Å². The molecule has 0 aromatic carbocycles. The molecule has 14 heavy (non-hydrogen) atoms. The first-order chi connectivity index (χ1) is 6.47. The molecule has 1 rings (SSSR count). The summed E-state index contributed by atoms with van der Waals surface area (Å²) in [6.07, 6.45) is 3.34. The maximum Gasteiger partial charge on any atom is 0.358 e. The van der Waals surface area contributed by atoms with E-state index in [1.165, 1.54) is 6.26 Å². The van der Waals surface area contributed by atoms with Gasteiger partial charge >= 0.3 is 6.72 Å². The first-order valence-electron chi connectivity index (χ1n) is 4.85. The summed E-state index contributed by atoms with van der Waals surface area (Å²) >= 11 is 0. The van der Waals surface area contributed by atoms with Crippen LogP contribution in [0.25, 0.3) is 0 Å². The van der Waals surface area contributed by atoms with Gasteiger partial charge in [-0.2, -0.15) is 0 Å². The van der Waals surface area contributed by atoms with E-state index in [1.54, 1.807) is 4.67 Å². The third-order valence-corrected chi connectivity index (χ3v) is 7.43. The maximum atomic E-state index is 12.3. The second kappa shape index (κ2) is 4.88. The van der Waals surface area contributed by atoms with Crippen LogP contribution in [0.1, 0.15) is 26.7 Å². The van der Waals surface area contributed by atoms with Gasteiger partial charge in [-0.25, -0.2) is 8.88 Å². The fraction of sp³-hybridized carbons (Fsp3) is 1.00. The van der Waals surface area contributed by atoms with E-state index in [9.17, 15) is 8.77 Å². The number of hydrogen-bond donors (Lipinski definition) is 0. The van der Waals surface area contributed by atoms with Crippen LogP contribution in [-0.2, 0) is 19.5 Å². The molecule has 0 aromatic rings. The van der Waals surface area contributed by atoms with Gasteiger partial charge in [0.15, 0.2) is 0 Å². The monoisotopic (exact) mass is 239 g/mol. The maximum absolute atomic E-state index is 12.3. The van der Waals surface area contributed by atoms with Crippen molar-refractivity contribution >= 4 is 17.1 Å². The van der Waals surface area contributed by atoms with Crippen molar-refractivity contribution in [3.05, 3.63) is 0 Å². The molecular formula is C8H18NO3PS. The Hall–Kier alpha value is 0.300. The van der Waals surface area contributed by atoms with Gasteiger partial charge in [0.25, 0.3) is 0 Å². The second-order valence-electron chi connectivity index (χ2n) is 3.71. The van der Waals surface area contributed by atoms with Crippen molar-refractivity contribution in [3.63, 3.8) is 0 Å². The number of hydrogen-bond acceptors (Lipinski definition) is 3. The Morgan fingerprint density at radius 2 is 1.86 bits per heavy atom. The summed E-state index contributed by atoms with van der Waals surface area (Å²) in [7, 11) is -1.42. The van der Waals surface area contributed by atoms with Crippen LogP contribution in [0.2, 0.25) is 0 Å². The molecule has 1 aliphatic rings. The fourth-order valence-electron chi connectivity index (χ4n) is 1.50. The first-order valence-corrected chi connectivity index (χ1v) is 8.59. The summed E-state index contributed by atoms with van der Waals surface area (Å²) in [5.41, 5.74) is 0. The van der Waals surface area contributed by atoms with E-state index in [1.807, 2.05) is 13.8 Å². The average molecular weight is 239 g/mol. The van der Waals surface area contributed by atoms with Crippen LogP contribution < -0.4 is 0 Å². The Bertz CT molecular complexity index is 263. The van der Waals surface area contributed by atoms with Crippen molar-refractivity contribution < 1.29 is 13.3 Å². The molecule has 1 unspecified atom stereocenters. The minimum absolute atomic E-state index is 0.148. The molecule has 1 saturated heterocycles. The molecule has 4 nitrogen and oxygen atoms in total. The smallest absolute Gasteiger partial charge is 0.305 e. The van der Waals surface area contributed by atoms with Crippen LogP contribution in [0.4, 0.5) is 0 Å². The third kappa shape index (κ3) is 2.66. The van der Waals surface area contributed by atoms with Gasteiger partial charge in [0.2, 0.25) is 0 Å². The van der Waals surface area contributed by atoms with Gasteiger partial charge in [0.05, 0.1) is 6.10 Å². The molecule has 1 fully saturated rings. The Balaban J connectivity index is 2.80. The summed E-state index contributed by atoms with van der Waals surface area (Å²) in [4.78, 5) is 0. The molecule has 0 amide bonds. The average Bonchev–Trinajstić information content (AvgIpc) is 2.53. The summed E-state index contributed by atoms with van der Waals surface area (Å²) in [5.74, 6) is 0. The van der Waals surface area contributed by atoms with Gasteiger partial charge in [-0.3, -0.25) is 4.57 Å². The van der Waals surface area contributed by atoms with Crippen molar-refractivity contribution in [2.75, 3.05) is 19.3 Å². The summed E-state index contributed by atoms with van der Waals surface area (Å²) < 4.78 is 30.9. The van der Waals surface area contributed by atoms with Crippen LogP contribution in [0, 0.1) is 0 Å². The highest BCUT2D eigenvalue weighted by molar-refractivity contribution is 8.46. The minimum Gasteiger partial charge on any atom is -0.305 e. The van der Waals surface area contributed by atoms with Gasteiger partial charge in [-0.05, 0) is 26.7 Å². The van der Waals surface area contributed by atoms with Crippen LogP contribution in [0.15, 0.2) is 0 Å². The molecule has 0 saturated carbocycles. The van der Waals surface area contributed by atoms with E-state index in [4.69, 9.17) is 4.52 Å². The summed E-state index contributed by atoms with van der Waals surface area (Å²) in [5, 5.41) is 0. The normalized spacial score (nSPS) is 25.1. The lowest BCUT2D eigenvalue weighted by atomic mass is 10.4. The van der Waals surface area contributed by atoms with Crippen LogP contribution in [0.5, 0.6) is 0 Å². The van der Waals surface area contributed by atoms with Gasteiger partial charge in [-0.1, -0.05) is 0 Å². The van der Waals surface area contributed by atoms with Crippen LogP contribution in [-0.4, -0.2) is 34.3 Å². The standard InChI is InChI=1S/C8H18NO3PS/c1-8(2)12-13(10,14(3)11)9-6-4-5-7-9/h8H,4-7H2,1-3H3/t13?,14-/m1/s1. The van der Waals surface area contributed by atoms with Crippen molar-refractivity contribution in [2.45, 2.75) is 32.8 Å². The Labute approximate surface area is 87.7 Å². The predicted octanol–water partition coefficient (Wildman–Crippen LogP) is 1.99. The Morgan fingerprint density at radius 1 is 1.36 bits per heavy atom. The first kappa shape index (κ1) is 12.4. The molecule has 6 heteroatoms. The van der Waals surface area contributed by atoms with Gasteiger partial charge < -0.3 is 4.52 Å². The zero-order valence-electron chi connectivity index (χ0n) is 8.93. The quantitative estimate of drug-likeness (QED) is 0.704. The zero-order valence-corrected chi connectivity index (χ0v) is 10.6. The molecule has 0 N–H and O–H groups in total. The lowest BCUT2D eigenvalue weighted by Gasteiger charge is -2.26. The number of rotatable bonds is 4. The highest BCUT2D eigenvalue weighted by Crippen LogP contribution is 2.56. The number of nitrogens with zero attached hydrogens (tertiary/aromatic N) is 1. The lowest BCUT2D eigenvalue weighted by molar-refractivity contribution is 0.225. The largest absolute Gasteiger partial charge is 0.358 e. The molecule has 0 aliphatic carbocycles. The third-order valence-electron chi connectivity index (χ3n) is 2.10. The Kier molecular flexibility index (Phi) is 4.31. The highest BCUT2D eigenvalue weighted by atomic mass is 32.8. The van der Waals surface area contributed by atoms with E-state index >= 15 is 0 Å². The fourth-order valence-corrected chi connectivity index (χ4v) is 5.73. The van der Waals surface area contributed by atoms with Crippen LogP contribution in [0.3, 0.4) is 0 Å². The molecule has 1 aliphatic heterocycles. The van der Waals surface area contributed by atoms with Crippen molar-refractivity contribution in [1.82, 2.24) is 4.67 Å². The SMILES string of the molecule is CC(C)OP(=O)(N1CCCC1)[S@](C)=O. The minimum atomic E-state index is -3.09. The Morgan fingerprint density at radius 3 is 2.21 bits per heavy atom. The molecular weight excluding hydrogens is 221 g/mol. The van der Waals surface area contributed by atoms with Gasteiger partial charge in [0, 0.05) is 19.3 Å². The van der Waals surface area contributed by atoms with E-state index < -0.39 is 17.1 Å². The predicted molar refractivity (Wildman–Crippen MR) is 58.7 cm³/mol. The molecule has 0 radical (unpaired) electrons. The molecule has 0 aromatic heterocycles.